The van der Waals surface area contributed by atoms with E-state index in [0.717, 1.165) is 47.5 Å². The second-order valence-electron chi connectivity index (χ2n) is 8.12. The normalized spacial score (nSPS) is 18.8. The molecule has 0 spiro atoms. The topological polar surface area (TPSA) is 97.6 Å². The summed E-state index contributed by atoms with van der Waals surface area (Å²) in [7, 11) is 1.54. The average molecular weight is 412 g/mol. The molecule has 2 aliphatic rings. The molecule has 4 rings (SSSR count). The maximum absolute atomic E-state index is 13.0. The van der Waals surface area contributed by atoms with Gasteiger partial charge in [-0.3, -0.25) is 9.59 Å². The molecular weight excluding hydrogens is 384 g/mol. The smallest absolute Gasteiger partial charge is 0.256 e. The van der Waals surface area contributed by atoms with Gasteiger partial charge in [0.05, 0.1) is 19.3 Å². The van der Waals surface area contributed by atoms with E-state index in [0.29, 0.717) is 43.8 Å². The molecule has 2 aromatic rings. The molecule has 1 N–H and O–H groups in total. The van der Waals surface area contributed by atoms with Gasteiger partial charge in [-0.25, -0.2) is 4.98 Å². The first-order valence-corrected chi connectivity index (χ1v) is 10.5. The summed E-state index contributed by atoms with van der Waals surface area (Å²) < 4.78 is 10.6. The summed E-state index contributed by atoms with van der Waals surface area (Å²) in [6, 6.07) is 1.84. The van der Waals surface area contributed by atoms with E-state index < -0.39 is 0 Å². The van der Waals surface area contributed by atoms with Crippen LogP contribution >= 0.6 is 0 Å². The van der Waals surface area contributed by atoms with Crippen molar-refractivity contribution in [3.05, 3.63) is 39.9 Å². The van der Waals surface area contributed by atoms with Gasteiger partial charge in [0.15, 0.2) is 0 Å². The molecule has 1 saturated heterocycles. The molecular formula is C22H28N4O4. The zero-order chi connectivity index (χ0) is 21.3. The van der Waals surface area contributed by atoms with E-state index in [2.05, 4.69) is 15.5 Å². The molecule has 8 nitrogen and oxygen atoms in total. The van der Waals surface area contributed by atoms with E-state index in [1.807, 2.05) is 24.8 Å². The molecule has 0 bridgehead atoms. The van der Waals surface area contributed by atoms with E-state index >= 15 is 0 Å². The Bertz CT molecular complexity index is 949. The van der Waals surface area contributed by atoms with Gasteiger partial charge in [-0.15, -0.1) is 0 Å². The highest BCUT2D eigenvalue weighted by molar-refractivity contribution is 5.97. The number of carbonyl (C=O) groups excluding carboxylic acids is 2. The Morgan fingerprint density at radius 1 is 1.30 bits per heavy atom. The Balaban J connectivity index is 1.43. The monoisotopic (exact) mass is 412 g/mol. The van der Waals surface area contributed by atoms with E-state index in [4.69, 9.17) is 9.26 Å². The van der Waals surface area contributed by atoms with Gasteiger partial charge in [0, 0.05) is 30.3 Å². The number of ether oxygens (including phenoxy) is 1. The van der Waals surface area contributed by atoms with Crippen LogP contribution in [0.4, 0.5) is 0 Å². The van der Waals surface area contributed by atoms with Crippen molar-refractivity contribution in [1.82, 2.24) is 20.4 Å². The molecule has 2 amide bonds. The Labute approximate surface area is 176 Å². The maximum Gasteiger partial charge on any atom is 0.256 e. The number of methoxy groups -OCH3 is 1. The number of likely N-dealkylation sites (tertiary alicyclic amines) is 1. The number of fused-ring (bicyclic) bond motifs is 1. The van der Waals surface area contributed by atoms with Crippen molar-refractivity contribution in [2.75, 3.05) is 13.7 Å². The molecule has 160 valence electrons. The minimum atomic E-state index is -0.189. The lowest BCUT2D eigenvalue weighted by atomic mass is 10.1. The van der Waals surface area contributed by atoms with E-state index in [9.17, 15) is 9.59 Å². The van der Waals surface area contributed by atoms with Crippen LogP contribution in [0.5, 0.6) is 5.88 Å². The Kier molecular flexibility index (Phi) is 5.74. The quantitative estimate of drug-likeness (QED) is 0.810. The van der Waals surface area contributed by atoms with Crippen LogP contribution in [-0.2, 0) is 24.2 Å². The molecule has 1 aliphatic heterocycles. The molecule has 1 unspecified atom stereocenters. The molecule has 3 heterocycles. The fourth-order valence-electron chi connectivity index (χ4n) is 4.30. The fourth-order valence-corrected chi connectivity index (χ4v) is 4.30. The highest BCUT2D eigenvalue weighted by Crippen LogP contribution is 2.27. The van der Waals surface area contributed by atoms with Crippen molar-refractivity contribution in [1.29, 1.82) is 0 Å². The predicted octanol–water partition coefficient (Wildman–Crippen LogP) is 2.49. The number of hydrogen-bond donors (Lipinski definition) is 1. The van der Waals surface area contributed by atoms with Crippen molar-refractivity contribution >= 4 is 11.8 Å². The lowest BCUT2D eigenvalue weighted by molar-refractivity contribution is -0.131. The van der Waals surface area contributed by atoms with Crippen molar-refractivity contribution < 1.29 is 18.8 Å². The predicted molar refractivity (Wildman–Crippen MR) is 109 cm³/mol. The third-order valence-corrected chi connectivity index (χ3v) is 6.13. The summed E-state index contributed by atoms with van der Waals surface area (Å²) in [6.07, 6.45) is 4.64. The van der Waals surface area contributed by atoms with Gasteiger partial charge in [0.2, 0.25) is 11.8 Å². The van der Waals surface area contributed by atoms with Gasteiger partial charge in [-0.1, -0.05) is 5.16 Å². The number of aryl methyl sites for hydroxylation is 4. The number of nitrogens with one attached hydrogen (secondary N) is 1. The molecule has 0 aromatic carbocycles. The van der Waals surface area contributed by atoms with Crippen LogP contribution in [0.1, 0.15) is 64.3 Å². The van der Waals surface area contributed by atoms with E-state index in [1.54, 1.807) is 0 Å². The second kappa shape index (κ2) is 8.45. The zero-order valence-corrected chi connectivity index (χ0v) is 17.8. The lowest BCUT2D eigenvalue weighted by Gasteiger charge is -2.21. The number of carbonyl (C=O) groups is 2. The average Bonchev–Trinajstić information content (AvgIpc) is 3.28. The van der Waals surface area contributed by atoms with Crippen molar-refractivity contribution in [2.45, 2.75) is 65.0 Å². The molecule has 2 aromatic heterocycles. The highest BCUT2D eigenvalue weighted by atomic mass is 16.5. The summed E-state index contributed by atoms with van der Waals surface area (Å²) in [5.74, 6) is 1.01. The lowest BCUT2D eigenvalue weighted by Crippen LogP contribution is -2.36. The van der Waals surface area contributed by atoms with E-state index in [1.165, 1.54) is 7.11 Å². The largest absolute Gasteiger partial charge is 0.480 e. The number of rotatable bonds is 5. The number of nitrogens with zero attached hydrogens (tertiary/aromatic N) is 3. The molecule has 0 radical (unpaired) electrons. The Morgan fingerprint density at radius 3 is 2.87 bits per heavy atom. The standard InChI is InChI=1S/C22H28N4O4/c1-13-18(14(2)30-25-13)12-26-10-9-16(7-8-20(26)27)23-21(28)17-11-15-5-4-6-19(15)24-22(17)29-3/h11,16H,4-10,12H2,1-3H3,(H,23,28). The summed E-state index contributed by atoms with van der Waals surface area (Å²) >= 11 is 0. The zero-order valence-electron chi connectivity index (χ0n) is 17.8. The van der Waals surface area contributed by atoms with Gasteiger partial charge in [0.25, 0.3) is 5.91 Å². The van der Waals surface area contributed by atoms with Crippen LogP contribution in [-0.4, -0.2) is 46.6 Å². The van der Waals surface area contributed by atoms with Crippen molar-refractivity contribution in [3.8, 4) is 5.88 Å². The summed E-state index contributed by atoms with van der Waals surface area (Å²) in [5, 5.41) is 7.07. The van der Waals surface area contributed by atoms with Gasteiger partial charge < -0.3 is 19.5 Å². The van der Waals surface area contributed by atoms with Crippen LogP contribution in [0.25, 0.3) is 0 Å². The number of aromatic nitrogens is 2. The van der Waals surface area contributed by atoms with Crippen molar-refractivity contribution in [2.24, 2.45) is 0 Å². The first kappa shape index (κ1) is 20.4. The first-order chi connectivity index (χ1) is 14.5. The fraction of sp³-hybridized carbons (Fsp3) is 0.545. The number of hydrogen-bond acceptors (Lipinski definition) is 6. The second-order valence-corrected chi connectivity index (χ2v) is 8.12. The van der Waals surface area contributed by atoms with Crippen molar-refractivity contribution in [3.63, 3.8) is 0 Å². The molecule has 1 aliphatic carbocycles. The van der Waals surface area contributed by atoms with Gasteiger partial charge in [-0.05, 0) is 57.6 Å². The van der Waals surface area contributed by atoms with Gasteiger partial charge >= 0.3 is 0 Å². The number of amides is 2. The van der Waals surface area contributed by atoms with Crippen LogP contribution in [0, 0.1) is 13.8 Å². The summed E-state index contributed by atoms with van der Waals surface area (Å²) in [5.41, 5.74) is 4.40. The molecule has 1 atom stereocenters. The van der Waals surface area contributed by atoms with Crippen LogP contribution in [0.15, 0.2) is 10.6 Å². The summed E-state index contributed by atoms with van der Waals surface area (Å²) in [6.45, 7) is 4.81. The molecule has 30 heavy (non-hydrogen) atoms. The SMILES string of the molecule is COc1nc2c(cc1C(=O)NC1CCC(=O)N(Cc3c(C)noc3C)CC1)CCC2. The highest BCUT2D eigenvalue weighted by Gasteiger charge is 2.27. The Hall–Kier alpha value is -2.90. The minimum absolute atomic E-state index is 0.0749. The van der Waals surface area contributed by atoms with Gasteiger partial charge in [0.1, 0.15) is 11.3 Å². The maximum atomic E-state index is 13.0. The molecule has 1 fully saturated rings. The Morgan fingerprint density at radius 2 is 2.13 bits per heavy atom. The van der Waals surface area contributed by atoms with E-state index in [-0.39, 0.29) is 17.9 Å². The van der Waals surface area contributed by atoms with Gasteiger partial charge in [-0.2, -0.15) is 0 Å². The third kappa shape index (κ3) is 4.04. The molecule has 0 saturated carbocycles. The van der Waals surface area contributed by atoms with Crippen LogP contribution in [0.3, 0.4) is 0 Å². The van der Waals surface area contributed by atoms with Crippen LogP contribution in [0.2, 0.25) is 0 Å². The summed E-state index contributed by atoms with van der Waals surface area (Å²) in [4.78, 5) is 31.9. The minimum Gasteiger partial charge on any atom is -0.480 e. The first-order valence-electron chi connectivity index (χ1n) is 10.5. The number of pyridine rings is 1. The molecule has 8 heteroatoms. The van der Waals surface area contributed by atoms with Crippen LogP contribution < -0.4 is 10.1 Å². The third-order valence-electron chi connectivity index (χ3n) is 6.13.